The summed E-state index contributed by atoms with van der Waals surface area (Å²) < 4.78 is 9.71. The first kappa shape index (κ1) is 29.4. The van der Waals surface area contributed by atoms with Gasteiger partial charge in [0.05, 0.1) is 39.1 Å². The second kappa shape index (κ2) is 11.1. The molecule has 53 heavy (non-hydrogen) atoms. The Morgan fingerprint density at radius 1 is 0.528 bits per heavy atom. The Bertz CT molecular complexity index is 2910. The Hall–Kier alpha value is -7.36. The molecule has 6 nitrogen and oxygen atoms in total. The van der Waals surface area contributed by atoms with Crippen LogP contribution in [-0.4, -0.2) is 19.5 Å². The van der Waals surface area contributed by atoms with Gasteiger partial charge in [0.15, 0.2) is 5.75 Å². The van der Waals surface area contributed by atoms with E-state index in [1.807, 2.05) is 54.9 Å². The number of nitrogens with zero attached hydrogens (tertiary/aromatic N) is 5. The van der Waals surface area contributed by atoms with Gasteiger partial charge >= 0.3 is 0 Å². The van der Waals surface area contributed by atoms with Crippen molar-refractivity contribution >= 4 is 21.8 Å². The molecule has 0 amide bonds. The molecule has 1 aliphatic carbocycles. The molecule has 9 aromatic rings. The molecule has 0 saturated heterocycles. The topological polar surface area (TPSA) is 76.6 Å². The van der Waals surface area contributed by atoms with Crippen molar-refractivity contribution < 1.29 is 4.74 Å². The van der Waals surface area contributed by atoms with Crippen LogP contribution < -0.4 is 4.74 Å². The molecule has 11 rings (SSSR count). The van der Waals surface area contributed by atoms with Gasteiger partial charge in [0.2, 0.25) is 0 Å². The van der Waals surface area contributed by atoms with Gasteiger partial charge in [-0.3, -0.25) is 15.0 Å². The lowest BCUT2D eigenvalue weighted by molar-refractivity contribution is 0.436. The molecule has 1 spiro atoms. The Labute approximate surface area is 304 Å². The maximum atomic E-state index is 10.8. The minimum atomic E-state index is -0.811. The highest BCUT2D eigenvalue weighted by atomic mass is 16.5. The normalized spacial score (nSPS) is 13.2. The number of ether oxygens (including phenoxy) is 1. The summed E-state index contributed by atoms with van der Waals surface area (Å²) in [4.78, 5) is 14.2. The van der Waals surface area contributed by atoms with E-state index in [2.05, 4.69) is 113 Å². The first-order valence-electron chi connectivity index (χ1n) is 17.6. The lowest BCUT2D eigenvalue weighted by Crippen LogP contribution is -2.33. The van der Waals surface area contributed by atoms with E-state index in [0.717, 1.165) is 78.4 Å². The van der Waals surface area contributed by atoms with E-state index in [9.17, 15) is 5.26 Å². The lowest BCUT2D eigenvalue weighted by atomic mass is 9.65. The molecule has 5 heterocycles. The van der Waals surface area contributed by atoms with Gasteiger partial charge in [-0.1, -0.05) is 103 Å². The quantitative estimate of drug-likeness (QED) is 0.186. The summed E-state index contributed by atoms with van der Waals surface area (Å²) in [6, 6.07) is 50.6. The second-order valence-corrected chi connectivity index (χ2v) is 13.4. The molecule has 0 fully saturated rings. The van der Waals surface area contributed by atoms with Crippen molar-refractivity contribution in [2.24, 2.45) is 0 Å². The molecule has 0 saturated carbocycles. The van der Waals surface area contributed by atoms with Gasteiger partial charge < -0.3 is 9.30 Å². The third-order valence-corrected chi connectivity index (χ3v) is 10.9. The van der Waals surface area contributed by atoms with Crippen LogP contribution in [0.4, 0.5) is 0 Å². The van der Waals surface area contributed by atoms with Crippen LogP contribution in [0.5, 0.6) is 11.5 Å². The number of hydrogen-bond acceptors (Lipinski definition) is 5. The first-order valence-corrected chi connectivity index (χ1v) is 17.6. The molecule has 0 unspecified atom stereocenters. The molecule has 2 aliphatic rings. The van der Waals surface area contributed by atoms with Crippen LogP contribution in [0.25, 0.3) is 61.1 Å². The smallest absolute Gasteiger partial charge is 0.156 e. The largest absolute Gasteiger partial charge is 0.454 e. The number of aromatic nitrogens is 4. The minimum Gasteiger partial charge on any atom is -0.454 e. The van der Waals surface area contributed by atoms with Crippen LogP contribution >= 0.6 is 0 Å². The monoisotopic (exact) mass is 677 g/mol. The van der Waals surface area contributed by atoms with Gasteiger partial charge in [-0.2, -0.15) is 5.26 Å². The predicted octanol–water partition coefficient (Wildman–Crippen LogP) is 10.6. The summed E-state index contributed by atoms with van der Waals surface area (Å²) in [6.07, 6.45) is 7.22. The van der Waals surface area contributed by atoms with E-state index in [1.165, 1.54) is 10.8 Å². The number of rotatable bonds is 3. The Balaban J connectivity index is 1.28. The molecule has 6 heteroatoms. The lowest BCUT2D eigenvalue weighted by Gasteiger charge is -2.40. The Kier molecular flexibility index (Phi) is 6.14. The number of pyridine rings is 3. The van der Waals surface area contributed by atoms with E-state index in [1.54, 1.807) is 12.4 Å². The standard InChI is InChI=1S/C47H27N5O/c48-27-35-30(29-11-8-24-49-28-29)14-5-15-31(35)34-16-6-17-38-45(34)53-46-39(47(38)36-19-9-25-50-43(36)44-37(47)20-10-26-51-44)18-7-23-42(46)52-40-21-3-1-12-32(40)33-13-2-4-22-41(33)52/h1-26,28H. The average molecular weight is 678 g/mol. The summed E-state index contributed by atoms with van der Waals surface area (Å²) >= 11 is 0. The number of para-hydroxylation sites is 4. The third-order valence-electron chi connectivity index (χ3n) is 10.9. The van der Waals surface area contributed by atoms with Crippen LogP contribution in [-0.2, 0) is 5.41 Å². The summed E-state index contributed by atoms with van der Waals surface area (Å²) in [7, 11) is 0. The van der Waals surface area contributed by atoms with E-state index in [4.69, 9.17) is 14.7 Å². The Morgan fingerprint density at radius 2 is 1.11 bits per heavy atom. The van der Waals surface area contributed by atoms with Crippen molar-refractivity contribution in [3.05, 3.63) is 192 Å². The predicted molar refractivity (Wildman–Crippen MR) is 207 cm³/mol. The molecule has 4 aromatic heterocycles. The summed E-state index contributed by atoms with van der Waals surface area (Å²) in [5.41, 5.74) is 11.9. The van der Waals surface area contributed by atoms with E-state index in [0.29, 0.717) is 11.3 Å². The fourth-order valence-electron chi connectivity index (χ4n) is 8.87. The molecule has 5 aromatic carbocycles. The van der Waals surface area contributed by atoms with Crippen molar-refractivity contribution in [1.29, 1.82) is 5.26 Å². The van der Waals surface area contributed by atoms with Crippen LogP contribution in [0.1, 0.15) is 27.8 Å². The van der Waals surface area contributed by atoms with Crippen LogP contribution in [0.2, 0.25) is 0 Å². The van der Waals surface area contributed by atoms with Crippen molar-refractivity contribution in [2.75, 3.05) is 0 Å². The third kappa shape index (κ3) is 3.88. The van der Waals surface area contributed by atoms with Crippen molar-refractivity contribution in [3.8, 4) is 56.9 Å². The SMILES string of the molecule is N#Cc1c(-c2cccnc2)cccc1-c1cccc2c1Oc1c(-n3c4ccccc4c4ccccc43)cccc1C21c2cccnc2-c2ncccc21. The van der Waals surface area contributed by atoms with E-state index in [-0.39, 0.29) is 0 Å². The van der Waals surface area contributed by atoms with E-state index >= 15 is 0 Å². The zero-order valence-electron chi connectivity index (χ0n) is 28.2. The molecule has 1 aliphatic heterocycles. The molecule has 0 bridgehead atoms. The molecule has 246 valence electrons. The molecular formula is C47H27N5O. The zero-order valence-corrected chi connectivity index (χ0v) is 28.2. The van der Waals surface area contributed by atoms with Gasteiger partial charge in [-0.05, 0) is 47.5 Å². The van der Waals surface area contributed by atoms with E-state index < -0.39 is 5.41 Å². The van der Waals surface area contributed by atoms with Crippen molar-refractivity contribution in [3.63, 3.8) is 0 Å². The minimum absolute atomic E-state index is 0.559. The van der Waals surface area contributed by atoms with Gasteiger partial charge in [0.1, 0.15) is 11.8 Å². The van der Waals surface area contributed by atoms with Crippen molar-refractivity contribution in [2.45, 2.75) is 5.41 Å². The fourth-order valence-corrected chi connectivity index (χ4v) is 8.87. The van der Waals surface area contributed by atoms with Crippen LogP contribution in [0.3, 0.4) is 0 Å². The van der Waals surface area contributed by atoms with Gasteiger partial charge in [0.25, 0.3) is 0 Å². The maximum Gasteiger partial charge on any atom is 0.156 e. The van der Waals surface area contributed by atoms with Crippen molar-refractivity contribution in [1.82, 2.24) is 19.5 Å². The zero-order chi connectivity index (χ0) is 35.1. The average Bonchev–Trinajstić information content (AvgIpc) is 3.72. The number of hydrogen-bond donors (Lipinski definition) is 0. The maximum absolute atomic E-state index is 10.8. The molecule has 0 radical (unpaired) electrons. The highest BCUT2D eigenvalue weighted by Crippen LogP contribution is 2.63. The highest BCUT2D eigenvalue weighted by molar-refractivity contribution is 6.09. The first-order chi connectivity index (χ1) is 26.3. The number of nitriles is 1. The molecular weight excluding hydrogens is 651 g/mol. The fraction of sp³-hybridized carbons (Fsp3) is 0.0213. The number of benzene rings is 5. The Morgan fingerprint density at radius 3 is 1.79 bits per heavy atom. The summed E-state index contributed by atoms with van der Waals surface area (Å²) in [5.74, 6) is 1.44. The molecule has 0 atom stereocenters. The van der Waals surface area contributed by atoms with Crippen LogP contribution in [0, 0.1) is 11.3 Å². The van der Waals surface area contributed by atoms with Gasteiger partial charge in [-0.25, -0.2) is 0 Å². The second-order valence-electron chi connectivity index (χ2n) is 13.4. The summed E-state index contributed by atoms with van der Waals surface area (Å²) in [5, 5.41) is 13.1. The van der Waals surface area contributed by atoms with Gasteiger partial charge in [-0.15, -0.1) is 0 Å². The van der Waals surface area contributed by atoms with Gasteiger partial charge in [0, 0.05) is 68.9 Å². The van der Waals surface area contributed by atoms with Crippen LogP contribution in [0.15, 0.2) is 164 Å². The number of fused-ring (bicyclic) bond motifs is 12. The molecule has 0 N–H and O–H groups in total. The summed E-state index contributed by atoms with van der Waals surface area (Å²) in [6.45, 7) is 0. The highest BCUT2D eigenvalue weighted by Gasteiger charge is 2.53.